The van der Waals surface area contributed by atoms with Crippen LogP contribution in [0.25, 0.3) is 0 Å². The van der Waals surface area contributed by atoms with Gasteiger partial charge < -0.3 is 9.47 Å². The topological polar surface area (TPSA) is 35.5 Å². The van der Waals surface area contributed by atoms with E-state index in [1.807, 2.05) is 30.3 Å². The Balaban J connectivity index is 2.23. The van der Waals surface area contributed by atoms with Gasteiger partial charge in [0.15, 0.2) is 0 Å². The third kappa shape index (κ3) is 3.24. The Labute approximate surface area is 127 Å². The van der Waals surface area contributed by atoms with Crippen LogP contribution in [0.4, 0.5) is 0 Å². The molecule has 0 N–H and O–H groups in total. The first-order chi connectivity index (χ1) is 9.63. The van der Waals surface area contributed by atoms with Crippen LogP contribution in [-0.2, 0) is 11.3 Å². The van der Waals surface area contributed by atoms with Gasteiger partial charge in [-0.2, -0.15) is 0 Å². The zero-order valence-corrected chi connectivity index (χ0v) is 12.2. The SMILES string of the molecule is COC(=O)c1c(Cl)ccc(OCc2ccccc2)c1Cl. The highest BCUT2D eigenvalue weighted by Gasteiger charge is 2.19. The van der Waals surface area contributed by atoms with Crippen molar-refractivity contribution in [3.05, 3.63) is 63.6 Å². The molecule has 0 fully saturated rings. The first kappa shape index (κ1) is 14.7. The lowest BCUT2D eigenvalue weighted by Crippen LogP contribution is -2.05. The summed E-state index contributed by atoms with van der Waals surface area (Å²) in [5, 5.41) is 0.384. The molecule has 5 heteroatoms. The van der Waals surface area contributed by atoms with E-state index in [4.69, 9.17) is 27.9 Å². The molecule has 0 amide bonds. The maximum atomic E-state index is 11.6. The second kappa shape index (κ2) is 6.64. The second-order valence-corrected chi connectivity index (χ2v) is 4.79. The van der Waals surface area contributed by atoms with Crippen LogP contribution in [-0.4, -0.2) is 13.1 Å². The molecule has 0 unspecified atom stereocenters. The minimum atomic E-state index is -0.592. The molecule has 0 aliphatic rings. The van der Waals surface area contributed by atoms with Gasteiger partial charge in [-0.3, -0.25) is 0 Å². The number of carbonyl (C=O) groups excluding carboxylic acids is 1. The number of carbonyl (C=O) groups is 1. The number of esters is 1. The van der Waals surface area contributed by atoms with Crippen molar-refractivity contribution in [2.75, 3.05) is 7.11 Å². The van der Waals surface area contributed by atoms with E-state index in [-0.39, 0.29) is 15.6 Å². The lowest BCUT2D eigenvalue weighted by Gasteiger charge is -2.11. The molecule has 0 bridgehead atoms. The summed E-state index contributed by atoms with van der Waals surface area (Å²) in [7, 11) is 1.27. The Morgan fingerprint density at radius 2 is 1.80 bits per heavy atom. The van der Waals surface area contributed by atoms with E-state index in [2.05, 4.69) is 4.74 Å². The number of benzene rings is 2. The number of methoxy groups -OCH3 is 1. The van der Waals surface area contributed by atoms with Gasteiger partial charge in [-0.15, -0.1) is 0 Å². The Morgan fingerprint density at radius 1 is 1.10 bits per heavy atom. The zero-order valence-electron chi connectivity index (χ0n) is 10.7. The summed E-state index contributed by atoms with van der Waals surface area (Å²) >= 11 is 12.1. The van der Waals surface area contributed by atoms with Crippen LogP contribution in [0.5, 0.6) is 5.75 Å². The van der Waals surface area contributed by atoms with E-state index >= 15 is 0 Å². The summed E-state index contributed by atoms with van der Waals surface area (Å²) in [4.78, 5) is 11.6. The first-order valence-corrected chi connectivity index (χ1v) is 6.62. The summed E-state index contributed by atoms with van der Waals surface area (Å²) in [6.07, 6.45) is 0. The molecule has 0 aliphatic heterocycles. The Morgan fingerprint density at radius 3 is 2.45 bits per heavy atom. The molecule has 0 aliphatic carbocycles. The average Bonchev–Trinajstić information content (AvgIpc) is 2.47. The van der Waals surface area contributed by atoms with E-state index in [9.17, 15) is 4.79 Å². The van der Waals surface area contributed by atoms with Crippen molar-refractivity contribution in [1.82, 2.24) is 0 Å². The smallest absolute Gasteiger partial charge is 0.341 e. The summed E-state index contributed by atoms with van der Waals surface area (Å²) in [5.74, 6) is -0.203. The predicted octanol–water partition coefficient (Wildman–Crippen LogP) is 4.36. The van der Waals surface area contributed by atoms with Gasteiger partial charge in [0.1, 0.15) is 17.9 Å². The van der Waals surface area contributed by atoms with Gasteiger partial charge in [0.05, 0.1) is 17.2 Å². The molecule has 0 spiro atoms. The molecule has 0 atom stereocenters. The fraction of sp³-hybridized carbons (Fsp3) is 0.133. The van der Waals surface area contributed by atoms with Crippen LogP contribution in [0.15, 0.2) is 42.5 Å². The third-order valence-corrected chi connectivity index (χ3v) is 3.37. The fourth-order valence-corrected chi connectivity index (χ4v) is 2.25. The largest absolute Gasteiger partial charge is 0.487 e. The van der Waals surface area contributed by atoms with E-state index < -0.39 is 5.97 Å². The van der Waals surface area contributed by atoms with Crippen LogP contribution in [0.3, 0.4) is 0 Å². The molecule has 0 heterocycles. The zero-order chi connectivity index (χ0) is 14.5. The minimum absolute atomic E-state index is 0.112. The van der Waals surface area contributed by atoms with Crippen molar-refractivity contribution >= 4 is 29.2 Å². The number of hydrogen-bond acceptors (Lipinski definition) is 3. The number of hydrogen-bond donors (Lipinski definition) is 0. The predicted molar refractivity (Wildman–Crippen MR) is 78.6 cm³/mol. The van der Waals surface area contributed by atoms with Crippen LogP contribution in [0.2, 0.25) is 10.0 Å². The molecular weight excluding hydrogens is 299 g/mol. The Hall–Kier alpha value is -1.71. The Bertz CT molecular complexity index is 612. The lowest BCUT2D eigenvalue weighted by molar-refractivity contribution is 0.0600. The molecule has 0 saturated heterocycles. The molecule has 2 aromatic rings. The standard InChI is InChI=1S/C15H12Cl2O3/c1-19-15(18)13-11(16)7-8-12(14(13)17)20-9-10-5-3-2-4-6-10/h2-8H,9H2,1H3. The molecular formula is C15H12Cl2O3. The van der Waals surface area contributed by atoms with Gasteiger partial charge >= 0.3 is 5.97 Å². The number of rotatable bonds is 4. The highest BCUT2D eigenvalue weighted by molar-refractivity contribution is 6.40. The normalized spacial score (nSPS) is 10.2. The van der Waals surface area contributed by atoms with Crippen molar-refractivity contribution in [2.45, 2.75) is 6.61 Å². The molecule has 3 nitrogen and oxygen atoms in total. The van der Waals surface area contributed by atoms with Crippen molar-refractivity contribution in [3.63, 3.8) is 0 Å². The van der Waals surface area contributed by atoms with Gasteiger partial charge in [0, 0.05) is 0 Å². The van der Waals surface area contributed by atoms with E-state index in [0.29, 0.717) is 12.4 Å². The molecule has 20 heavy (non-hydrogen) atoms. The molecule has 0 aromatic heterocycles. The molecule has 0 saturated carbocycles. The van der Waals surface area contributed by atoms with Crippen molar-refractivity contribution in [1.29, 1.82) is 0 Å². The fourth-order valence-electron chi connectivity index (χ4n) is 1.67. The number of ether oxygens (including phenoxy) is 2. The van der Waals surface area contributed by atoms with E-state index in [1.165, 1.54) is 7.11 Å². The van der Waals surface area contributed by atoms with E-state index in [0.717, 1.165) is 5.56 Å². The van der Waals surface area contributed by atoms with Crippen molar-refractivity contribution < 1.29 is 14.3 Å². The van der Waals surface area contributed by atoms with Gasteiger partial charge in [0.25, 0.3) is 0 Å². The van der Waals surface area contributed by atoms with Gasteiger partial charge in [-0.1, -0.05) is 53.5 Å². The number of halogens is 2. The van der Waals surface area contributed by atoms with Crippen molar-refractivity contribution in [2.24, 2.45) is 0 Å². The summed E-state index contributed by atoms with van der Waals surface area (Å²) in [6.45, 7) is 0.350. The maximum absolute atomic E-state index is 11.6. The molecule has 2 rings (SSSR count). The first-order valence-electron chi connectivity index (χ1n) is 5.86. The van der Waals surface area contributed by atoms with Gasteiger partial charge in [0.2, 0.25) is 0 Å². The lowest BCUT2D eigenvalue weighted by atomic mass is 10.2. The highest BCUT2D eigenvalue weighted by atomic mass is 35.5. The maximum Gasteiger partial charge on any atom is 0.341 e. The van der Waals surface area contributed by atoms with Crippen LogP contribution >= 0.6 is 23.2 Å². The van der Waals surface area contributed by atoms with Crippen LogP contribution < -0.4 is 4.74 Å². The second-order valence-electron chi connectivity index (χ2n) is 4.00. The van der Waals surface area contributed by atoms with Gasteiger partial charge in [-0.05, 0) is 17.7 Å². The molecule has 0 radical (unpaired) electrons. The molecule has 2 aromatic carbocycles. The highest BCUT2D eigenvalue weighted by Crippen LogP contribution is 2.34. The Kier molecular flexibility index (Phi) is 4.88. The van der Waals surface area contributed by atoms with Crippen LogP contribution in [0.1, 0.15) is 15.9 Å². The van der Waals surface area contributed by atoms with Gasteiger partial charge in [-0.25, -0.2) is 4.79 Å². The van der Waals surface area contributed by atoms with E-state index in [1.54, 1.807) is 12.1 Å². The van der Waals surface area contributed by atoms with Crippen molar-refractivity contribution in [3.8, 4) is 5.75 Å². The summed E-state index contributed by atoms with van der Waals surface area (Å²) in [6, 6.07) is 12.8. The molecule has 104 valence electrons. The summed E-state index contributed by atoms with van der Waals surface area (Å²) < 4.78 is 10.3. The monoisotopic (exact) mass is 310 g/mol. The third-order valence-electron chi connectivity index (χ3n) is 2.68. The minimum Gasteiger partial charge on any atom is -0.487 e. The average molecular weight is 311 g/mol. The quantitative estimate of drug-likeness (QED) is 0.787. The summed E-state index contributed by atoms with van der Waals surface area (Å²) in [5.41, 5.74) is 1.11. The van der Waals surface area contributed by atoms with Crippen LogP contribution in [0, 0.1) is 0 Å².